The Morgan fingerprint density at radius 3 is 2.25 bits per heavy atom. The fourth-order valence-corrected chi connectivity index (χ4v) is 1.35. The number of amides is 1. The molecule has 2 atom stereocenters. The summed E-state index contributed by atoms with van der Waals surface area (Å²) < 4.78 is 9.70. The molecule has 2 N–H and O–H groups in total. The Kier molecular flexibility index (Phi) is 6.75. The molecule has 0 aromatic carbocycles. The first-order valence-corrected chi connectivity index (χ1v) is 6.14. The number of hydrogen-bond donors (Lipinski definition) is 2. The van der Waals surface area contributed by atoms with Crippen molar-refractivity contribution >= 4 is 18.0 Å². The zero-order chi connectivity index (χ0) is 15.9. The number of carbonyl (C=O) groups is 3. The smallest absolute Gasteiger partial charge is 0.408 e. The molecule has 0 bridgehead atoms. The third-order valence-electron chi connectivity index (χ3n) is 2.11. The maximum atomic E-state index is 11.6. The van der Waals surface area contributed by atoms with Gasteiger partial charge in [-0.05, 0) is 27.7 Å². The molecular formula is C13H21NO6. The summed E-state index contributed by atoms with van der Waals surface area (Å²) >= 11 is 0. The second-order valence-electron chi connectivity index (χ2n) is 4.98. The highest BCUT2D eigenvalue weighted by molar-refractivity contribution is 5.88. The van der Waals surface area contributed by atoms with Crippen LogP contribution in [-0.2, 0) is 19.1 Å². The maximum absolute atomic E-state index is 11.6. The Morgan fingerprint density at radius 2 is 1.90 bits per heavy atom. The molecular weight excluding hydrogens is 266 g/mol. The van der Waals surface area contributed by atoms with Gasteiger partial charge < -0.3 is 19.9 Å². The Morgan fingerprint density at radius 1 is 1.35 bits per heavy atom. The third-order valence-corrected chi connectivity index (χ3v) is 2.11. The molecule has 0 radical (unpaired) electrons. The first-order valence-electron chi connectivity index (χ1n) is 6.14. The van der Waals surface area contributed by atoms with Crippen LogP contribution < -0.4 is 5.32 Å². The quantitative estimate of drug-likeness (QED) is 0.564. The minimum atomic E-state index is -1.50. The number of carbonyl (C=O) groups excluding carboxylic acids is 2. The molecule has 7 nitrogen and oxygen atoms in total. The van der Waals surface area contributed by atoms with Crippen LogP contribution in [0.4, 0.5) is 4.79 Å². The molecule has 0 aliphatic carbocycles. The summed E-state index contributed by atoms with van der Waals surface area (Å²) in [6, 6.07) is -1.50. The molecule has 0 aliphatic heterocycles. The van der Waals surface area contributed by atoms with Gasteiger partial charge in [0.25, 0.3) is 0 Å². The van der Waals surface area contributed by atoms with Gasteiger partial charge in [-0.1, -0.05) is 6.08 Å². The van der Waals surface area contributed by atoms with Gasteiger partial charge in [-0.25, -0.2) is 9.59 Å². The van der Waals surface area contributed by atoms with Crippen molar-refractivity contribution in [3.8, 4) is 0 Å². The highest BCUT2D eigenvalue weighted by Crippen LogP contribution is 2.11. The van der Waals surface area contributed by atoms with E-state index in [2.05, 4.69) is 11.9 Å². The van der Waals surface area contributed by atoms with Gasteiger partial charge >= 0.3 is 18.0 Å². The molecule has 0 saturated heterocycles. The van der Waals surface area contributed by atoms with E-state index in [0.29, 0.717) is 0 Å². The molecule has 0 aromatic rings. The molecule has 114 valence electrons. The van der Waals surface area contributed by atoms with Gasteiger partial charge in [0.15, 0.2) is 0 Å². The van der Waals surface area contributed by atoms with E-state index in [0.717, 1.165) is 6.08 Å². The predicted octanol–water partition coefficient (Wildman–Crippen LogP) is 1.33. The van der Waals surface area contributed by atoms with Crippen molar-refractivity contribution < 1.29 is 29.0 Å². The van der Waals surface area contributed by atoms with Gasteiger partial charge in [0.2, 0.25) is 0 Å². The van der Waals surface area contributed by atoms with Crippen molar-refractivity contribution in [3.05, 3.63) is 12.7 Å². The number of rotatable bonds is 6. The number of hydrogen-bond acceptors (Lipinski definition) is 5. The molecule has 0 rings (SSSR count). The molecule has 0 heterocycles. The summed E-state index contributed by atoms with van der Waals surface area (Å²) in [6.07, 6.45) is 0.190. The largest absolute Gasteiger partial charge is 0.480 e. The van der Waals surface area contributed by atoms with Crippen LogP contribution in [0.1, 0.15) is 27.7 Å². The van der Waals surface area contributed by atoms with E-state index in [1.54, 1.807) is 27.7 Å². The number of aliphatic carboxylic acids is 1. The highest BCUT2D eigenvalue weighted by Gasteiger charge is 2.35. The van der Waals surface area contributed by atoms with Crippen LogP contribution in [0, 0.1) is 5.92 Å². The summed E-state index contributed by atoms with van der Waals surface area (Å²) in [5.74, 6) is -3.35. The molecule has 0 spiro atoms. The standard InChI is InChI=1S/C13H21NO6/c1-6-8(11(17)19-7-2)9(10(15)16)14-12(18)20-13(3,4)5/h6,8-9H,1,7H2,2-5H3,(H,14,18)(H,15,16)/t8-,9-/m0/s1. The van der Waals surface area contributed by atoms with Crippen LogP contribution in [0.3, 0.4) is 0 Å². The maximum Gasteiger partial charge on any atom is 0.408 e. The Labute approximate surface area is 117 Å². The summed E-state index contributed by atoms with van der Waals surface area (Å²) in [5.41, 5.74) is -0.777. The first-order chi connectivity index (χ1) is 9.12. The lowest BCUT2D eigenvalue weighted by Gasteiger charge is -2.24. The average molecular weight is 287 g/mol. The van der Waals surface area contributed by atoms with Gasteiger partial charge in [0, 0.05) is 0 Å². The predicted molar refractivity (Wildman–Crippen MR) is 71.1 cm³/mol. The number of ether oxygens (including phenoxy) is 2. The van der Waals surface area contributed by atoms with Crippen molar-refractivity contribution in [3.63, 3.8) is 0 Å². The fourth-order valence-electron chi connectivity index (χ4n) is 1.35. The van der Waals surface area contributed by atoms with Crippen molar-refractivity contribution in [1.82, 2.24) is 5.32 Å². The van der Waals surface area contributed by atoms with Gasteiger partial charge in [-0.2, -0.15) is 0 Å². The van der Waals surface area contributed by atoms with E-state index in [1.165, 1.54) is 0 Å². The van der Waals surface area contributed by atoms with Crippen molar-refractivity contribution in [2.24, 2.45) is 5.92 Å². The molecule has 20 heavy (non-hydrogen) atoms. The first kappa shape index (κ1) is 17.9. The van der Waals surface area contributed by atoms with E-state index >= 15 is 0 Å². The molecule has 0 fully saturated rings. The van der Waals surface area contributed by atoms with Crippen molar-refractivity contribution in [2.45, 2.75) is 39.3 Å². The van der Waals surface area contributed by atoms with E-state index in [4.69, 9.17) is 14.6 Å². The number of carboxylic acid groups (broad SMARTS) is 1. The molecule has 0 unspecified atom stereocenters. The SMILES string of the molecule is C=C[C@H](C(=O)OCC)[C@H](NC(=O)OC(C)(C)C)C(=O)O. The molecule has 0 saturated carbocycles. The lowest BCUT2D eigenvalue weighted by molar-refractivity contribution is -0.152. The number of esters is 1. The summed E-state index contributed by atoms with van der Waals surface area (Å²) in [4.78, 5) is 34.4. The molecule has 1 amide bonds. The van der Waals surface area contributed by atoms with Crippen molar-refractivity contribution in [1.29, 1.82) is 0 Å². The van der Waals surface area contributed by atoms with Crippen LogP contribution in [0.15, 0.2) is 12.7 Å². The Bertz CT molecular complexity index is 385. The van der Waals surface area contributed by atoms with E-state index in [1.807, 2.05) is 0 Å². The number of alkyl carbamates (subject to hydrolysis) is 1. The number of carboxylic acids is 1. The second-order valence-corrected chi connectivity index (χ2v) is 4.98. The number of nitrogens with one attached hydrogen (secondary N) is 1. The lowest BCUT2D eigenvalue weighted by Crippen LogP contribution is -2.49. The summed E-state index contributed by atoms with van der Waals surface area (Å²) in [7, 11) is 0. The van der Waals surface area contributed by atoms with Gasteiger partial charge in [0.05, 0.1) is 6.61 Å². The summed E-state index contributed by atoms with van der Waals surface area (Å²) in [5, 5.41) is 11.2. The topological polar surface area (TPSA) is 102 Å². The van der Waals surface area contributed by atoms with Crippen LogP contribution in [0.25, 0.3) is 0 Å². The molecule has 0 aliphatic rings. The van der Waals surface area contributed by atoms with E-state index in [9.17, 15) is 14.4 Å². The van der Waals surface area contributed by atoms with E-state index in [-0.39, 0.29) is 6.61 Å². The molecule has 0 aromatic heterocycles. The minimum Gasteiger partial charge on any atom is -0.480 e. The van der Waals surface area contributed by atoms with Gasteiger partial charge in [0.1, 0.15) is 17.6 Å². The van der Waals surface area contributed by atoms with Gasteiger partial charge in [-0.3, -0.25) is 4.79 Å². The minimum absolute atomic E-state index is 0.0992. The average Bonchev–Trinajstić information content (AvgIpc) is 2.26. The van der Waals surface area contributed by atoms with Crippen molar-refractivity contribution in [2.75, 3.05) is 6.61 Å². The van der Waals surface area contributed by atoms with Crippen LogP contribution in [0.2, 0.25) is 0 Å². The van der Waals surface area contributed by atoms with Gasteiger partial charge in [-0.15, -0.1) is 6.58 Å². The second kappa shape index (κ2) is 7.52. The van der Waals surface area contributed by atoms with Crippen LogP contribution in [0.5, 0.6) is 0 Å². The monoisotopic (exact) mass is 287 g/mol. The third kappa shape index (κ3) is 6.21. The van der Waals surface area contributed by atoms with Crippen LogP contribution >= 0.6 is 0 Å². The molecule has 7 heteroatoms. The van der Waals surface area contributed by atoms with E-state index < -0.39 is 35.6 Å². The normalized spacial score (nSPS) is 13.8. The highest BCUT2D eigenvalue weighted by atomic mass is 16.6. The zero-order valence-electron chi connectivity index (χ0n) is 12.1. The van der Waals surface area contributed by atoms with Crippen LogP contribution in [-0.4, -0.2) is 41.4 Å². The zero-order valence-corrected chi connectivity index (χ0v) is 12.1. The Balaban J connectivity index is 4.95. The Hall–Kier alpha value is -2.05. The lowest BCUT2D eigenvalue weighted by atomic mass is 10.0. The summed E-state index contributed by atoms with van der Waals surface area (Å²) in [6.45, 7) is 10.00. The fraction of sp³-hybridized carbons (Fsp3) is 0.615.